The van der Waals surface area contributed by atoms with Gasteiger partial charge in [-0.2, -0.15) is 0 Å². The third kappa shape index (κ3) is 3.12. The molecule has 5 nitrogen and oxygen atoms in total. The highest BCUT2D eigenvalue weighted by Gasteiger charge is 2.15. The molecule has 114 valence electrons. The number of thiazole rings is 1. The van der Waals surface area contributed by atoms with Crippen molar-refractivity contribution in [3.63, 3.8) is 0 Å². The maximum atomic E-state index is 12.1. The first-order chi connectivity index (χ1) is 10.6. The van der Waals surface area contributed by atoms with Crippen LogP contribution in [0.25, 0.3) is 12.2 Å². The molecule has 0 saturated carbocycles. The molecule has 2 aromatic rings. The van der Waals surface area contributed by atoms with E-state index in [0.29, 0.717) is 14.8 Å². The number of likely N-dealkylation sites (tertiary alicyclic amines) is 1. The van der Waals surface area contributed by atoms with Crippen molar-refractivity contribution in [2.24, 2.45) is 0 Å². The van der Waals surface area contributed by atoms with Gasteiger partial charge in [0.05, 0.1) is 4.53 Å². The number of para-hydroxylation sites is 1. The van der Waals surface area contributed by atoms with Gasteiger partial charge in [-0.1, -0.05) is 18.2 Å². The van der Waals surface area contributed by atoms with Gasteiger partial charge >= 0.3 is 0 Å². The zero-order valence-electron chi connectivity index (χ0n) is 11.9. The Bertz CT molecular complexity index is 860. The van der Waals surface area contributed by atoms with Crippen LogP contribution in [0.4, 0.5) is 0 Å². The fourth-order valence-corrected chi connectivity index (χ4v) is 3.29. The van der Waals surface area contributed by atoms with Crippen LogP contribution in [0.15, 0.2) is 29.1 Å². The van der Waals surface area contributed by atoms with Crippen molar-refractivity contribution < 1.29 is 9.90 Å². The Balaban J connectivity index is 1.96. The molecule has 1 aliphatic heterocycles. The summed E-state index contributed by atoms with van der Waals surface area (Å²) in [4.78, 5) is 28.5. The fourth-order valence-electron chi connectivity index (χ4n) is 2.42. The number of aromatic nitrogens is 1. The van der Waals surface area contributed by atoms with E-state index in [1.165, 1.54) is 17.4 Å². The van der Waals surface area contributed by atoms with Gasteiger partial charge in [0.25, 0.3) is 5.56 Å². The molecular weight excluding hydrogens is 300 g/mol. The lowest BCUT2D eigenvalue weighted by Crippen LogP contribution is -2.27. The zero-order chi connectivity index (χ0) is 15.5. The van der Waals surface area contributed by atoms with Crippen molar-refractivity contribution in [3.05, 3.63) is 49.4 Å². The first kappa shape index (κ1) is 14.6. The van der Waals surface area contributed by atoms with Crippen LogP contribution < -0.4 is 14.8 Å². The number of nitrogens with one attached hydrogen (secondary N) is 1. The predicted molar refractivity (Wildman–Crippen MR) is 86.1 cm³/mol. The minimum atomic E-state index is -0.256. The molecule has 1 amide bonds. The molecule has 0 unspecified atom stereocenters. The van der Waals surface area contributed by atoms with Crippen LogP contribution in [0.1, 0.15) is 18.4 Å². The minimum absolute atomic E-state index is 0.0656. The van der Waals surface area contributed by atoms with Gasteiger partial charge in [-0.25, -0.2) is 0 Å². The molecule has 1 saturated heterocycles. The summed E-state index contributed by atoms with van der Waals surface area (Å²) in [5, 5.41) is 9.75. The summed E-state index contributed by atoms with van der Waals surface area (Å²) in [6, 6.07) is 6.81. The van der Waals surface area contributed by atoms with Gasteiger partial charge in [0.2, 0.25) is 5.91 Å². The number of benzene rings is 1. The second kappa shape index (κ2) is 6.19. The maximum Gasteiger partial charge on any atom is 0.266 e. The second-order valence-electron chi connectivity index (χ2n) is 5.16. The van der Waals surface area contributed by atoms with Crippen LogP contribution in [0, 0.1) is 0 Å². The molecule has 3 rings (SSSR count). The van der Waals surface area contributed by atoms with Crippen molar-refractivity contribution in [3.8, 4) is 5.75 Å². The van der Waals surface area contributed by atoms with Crippen LogP contribution in [-0.4, -0.2) is 34.0 Å². The van der Waals surface area contributed by atoms with Crippen molar-refractivity contribution in [1.82, 2.24) is 9.88 Å². The molecule has 0 bridgehead atoms. The van der Waals surface area contributed by atoms with Crippen molar-refractivity contribution in [1.29, 1.82) is 0 Å². The van der Waals surface area contributed by atoms with E-state index >= 15 is 0 Å². The molecular formula is C16H16N2O3S. The monoisotopic (exact) mass is 316 g/mol. The van der Waals surface area contributed by atoms with Gasteiger partial charge in [0.1, 0.15) is 10.4 Å². The van der Waals surface area contributed by atoms with Gasteiger partial charge in [0.15, 0.2) is 0 Å². The van der Waals surface area contributed by atoms with E-state index in [1.807, 2.05) is 0 Å². The molecule has 1 fully saturated rings. The largest absolute Gasteiger partial charge is 0.507 e. The molecule has 1 aliphatic rings. The molecule has 0 aliphatic carbocycles. The summed E-state index contributed by atoms with van der Waals surface area (Å²) in [5.41, 5.74) is 0.320. The van der Waals surface area contributed by atoms with Crippen LogP contribution in [0.3, 0.4) is 0 Å². The summed E-state index contributed by atoms with van der Waals surface area (Å²) >= 11 is 1.21. The first-order valence-corrected chi connectivity index (χ1v) is 7.94. The second-order valence-corrected chi connectivity index (χ2v) is 6.25. The summed E-state index contributed by atoms with van der Waals surface area (Å²) < 4.78 is 0.991. The molecule has 22 heavy (non-hydrogen) atoms. The lowest BCUT2D eigenvalue weighted by molar-refractivity contribution is -0.123. The number of nitrogens with zero attached hydrogens (tertiary/aromatic N) is 1. The lowest BCUT2D eigenvalue weighted by atomic mass is 10.2. The SMILES string of the molecule is O=C(/C=c1\[nH]c(=O)/c(=C\c2ccccc2O)s1)N1CCCC1. The number of hydrogen-bond donors (Lipinski definition) is 2. The van der Waals surface area contributed by atoms with Gasteiger partial charge < -0.3 is 15.0 Å². The first-order valence-electron chi connectivity index (χ1n) is 7.13. The Labute approximate surface area is 130 Å². The number of aromatic amines is 1. The number of amides is 1. The Morgan fingerprint density at radius 3 is 2.73 bits per heavy atom. The number of phenolic OH excluding ortho intramolecular Hbond substituents is 1. The smallest absolute Gasteiger partial charge is 0.266 e. The fraction of sp³-hybridized carbons (Fsp3) is 0.250. The molecule has 2 heterocycles. The average Bonchev–Trinajstić information content (AvgIpc) is 3.12. The lowest BCUT2D eigenvalue weighted by Gasteiger charge is -2.10. The molecule has 1 aromatic carbocycles. The van der Waals surface area contributed by atoms with Gasteiger partial charge in [0, 0.05) is 24.7 Å². The van der Waals surface area contributed by atoms with Crippen molar-refractivity contribution in [2.45, 2.75) is 12.8 Å². The number of carbonyl (C=O) groups is 1. The number of carbonyl (C=O) groups excluding carboxylic acids is 1. The van der Waals surface area contributed by atoms with Crippen LogP contribution in [0.2, 0.25) is 0 Å². The Morgan fingerprint density at radius 1 is 1.27 bits per heavy atom. The summed E-state index contributed by atoms with van der Waals surface area (Å²) in [6.45, 7) is 1.56. The standard InChI is InChI=1S/C16H16N2O3S/c19-12-6-2-1-5-11(12)9-13-16(21)17-14(22-13)10-15(20)18-7-3-4-8-18/h1-2,5-6,9-10,19H,3-4,7-8H2,(H,17,21)/b13-9+,14-10+. The highest BCUT2D eigenvalue weighted by atomic mass is 32.1. The molecule has 6 heteroatoms. The normalized spacial score (nSPS) is 16.5. The van der Waals surface area contributed by atoms with E-state index in [1.54, 1.807) is 35.2 Å². The predicted octanol–water partition coefficient (Wildman–Crippen LogP) is 0.374. The maximum absolute atomic E-state index is 12.1. The number of H-pyrrole nitrogens is 1. The van der Waals surface area contributed by atoms with E-state index in [-0.39, 0.29) is 17.2 Å². The third-order valence-electron chi connectivity index (χ3n) is 3.58. The van der Waals surface area contributed by atoms with E-state index in [2.05, 4.69) is 4.98 Å². The summed E-state index contributed by atoms with van der Waals surface area (Å²) in [5.74, 6) is 0.0538. The summed E-state index contributed by atoms with van der Waals surface area (Å²) in [6.07, 6.45) is 5.16. The van der Waals surface area contributed by atoms with Crippen molar-refractivity contribution >= 4 is 29.4 Å². The average molecular weight is 316 g/mol. The molecule has 0 radical (unpaired) electrons. The minimum Gasteiger partial charge on any atom is -0.507 e. The number of rotatable bonds is 2. The van der Waals surface area contributed by atoms with Gasteiger partial charge in [-0.3, -0.25) is 9.59 Å². The Hall–Kier alpha value is -2.34. The Kier molecular flexibility index (Phi) is 4.11. The molecule has 0 atom stereocenters. The number of aromatic hydroxyl groups is 1. The molecule has 1 aromatic heterocycles. The van der Waals surface area contributed by atoms with Crippen molar-refractivity contribution in [2.75, 3.05) is 13.1 Å². The van der Waals surface area contributed by atoms with Crippen LogP contribution in [0.5, 0.6) is 5.75 Å². The molecule has 0 spiro atoms. The van der Waals surface area contributed by atoms with E-state index in [0.717, 1.165) is 25.9 Å². The topological polar surface area (TPSA) is 73.4 Å². The summed E-state index contributed by atoms with van der Waals surface area (Å²) in [7, 11) is 0. The third-order valence-corrected chi connectivity index (χ3v) is 4.54. The van der Waals surface area contributed by atoms with Gasteiger partial charge in [-0.15, -0.1) is 11.3 Å². The quantitative estimate of drug-likeness (QED) is 0.841. The number of phenols is 1. The molecule has 2 N–H and O–H groups in total. The van der Waals surface area contributed by atoms with Crippen LogP contribution in [-0.2, 0) is 4.79 Å². The van der Waals surface area contributed by atoms with Gasteiger partial charge in [-0.05, 0) is 25.0 Å². The van der Waals surface area contributed by atoms with Crippen LogP contribution >= 0.6 is 11.3 Å². The van der Waals surface area contributed by atoms with E-state index in [4.69, 9.17) is 0 Å². The van der Waals surface area contributed by atoms with E-state index < -0.39 is 0 Å². The van der Waals surface area contributed by atoms with E-state index in [9.17, 15) is 14.7 Å². The highest BCUT2D eigenvalue weighted by molar-refractivity contribution is 7.07. The Morgan fingerprint density at radius 2 is 2.00 bits per heavy atom. The zero-order valence-corrected chi connectivity index (χ0v) is 12.7. The number of hydrogen-bond acceptors (Lipinski definition) is 4. The highest BCUT2D eigenvalue weighted by Crippen LogP contribution is 2.15.